The van der Waals surface area contributed by atoms with Crippen molar-refractivity contribution in [2.75, 3.05) is 5.32 Å². The number of fused-ring (bicyclic) bond motifs is 1. The second kappa shape index (κ2) is 5.90. The fraction of sp³-hybridized carbons (Fsp3) is 0. The Bertz CT molecular complexity index is 1090. The number of nitrogens with one attached hydrogen (secondary N) is 2. The van der Waals surface area contributed by atoms with Crippen LogP contribution < -0.4 is 5.32 Å². The maximum absolute atomic E-state index is 12.7. The van der Waals surface area contributed by atoms with E-state index in [1.54, 1.807) is 59.8 Å². The molecule has 8 nitrogen and oxygen atoms in total. The minimum atomic E-state index is -0.374. The van der Waals surface area contributed by atoms with Gasteiger partial charge in [-0.3, -0.25) is 9.36 Å². The molecule has 120 valence electrons. The first-order valence-electron chi connectivity index (χ1n) is 7.39. The Labute approximate surface area is 141 Å². The molecule has 0 aliphatic carbocycles. The van der Waals surface area contributed by atoms with E-state index in [-0.39, 0.29) is 11.6 Å². The highest BCUT2D eigenvalue weighted by atomic mass is 16.1. The molecule has 0 atom stereocenters. The van der Waals surface area contributed by atoms with Gasteiger partial charge in [0.25, 0.3) is 5.91 Å². The van der Waals surface area contributed by atoms with Crippen molar-refractivity contribution in [3.05, 3.63) is 66.5 Å². The maximum atomic E-state index is 12.7. The summed E-state index contributed by atoms with van der Waals surface area (Å²) in [6, 6.07) is 10.4. The highest BCUT2D eigenvalue weighted by molar-refractivity contribution is 6.10. The fourth-order valence-electron chi connectivity index (χ4n) is 2.41. The molecule has 0 aliphatic rings. The van der Waals surface area contributed by atoms with Crippen LogP contribution in [-0.4, -0.2) is 30.4 Å². The zero-order chi connectivity index (χ0) is 17.2. The lowest BCUT2D eigenvalue weighted by Crippen LogP contribution is -2.16. The highest BCUT2D eigenvalue weighted by Crippen LogP contribution is 2.18. The van der Waals surface area contributed by atoms with Crippen molar-refractivity contribution < 1.29 is 4.79 Å². The topological polar surface area (TPSA) is 112 Å². The minimum Gasteiger partial charge on any atom is -0.358 e. The van der Waals surface area contributed by atoms with Crippen molar-refractivity contribution in [3.8, 4) is 12.0 Å². The van der Waals surface area contributed by atoms with Crippen molar-refractivity contribution in [2.45, 2.75) is 0 Å². The largest absolute Gasteiger partial charge is 0.358 e. The van der Waals surface area contributed by atoms with Crippen LogP contribution in [0.15, 0.2) is 55.2 Å². The Balaban J connectivity index is 1.73. The summed E-state index contributed by atoms with van der Waals surface area (Å²) >= 11 is 0. The molecule has 0 unspecified atom stereocenters. The summed E-state index contributed by atoms with van der Waals surface area (Å²) in [6.07, 6.45) is 6.59. The van der Waals surface area contributed by atoms with Crippen LogP contribution in [0.1, 0.15) is 16.1 Å². The van der Waals surface area contributed by atoms with Gasteiger partial charge in [0.1, 0.15) is 6.33 Å². The zero-order valence-corrected chi connectivity index (χ0v) is 12.8. The smallest absolute Gasteiger partial charge is 0.276 e. The number of aromatic amines is 1. The van der Waals surface area contributed by atoms with Gasteiger partial charge in [-0.25, -0.2) is 15.0 Å². The highest BCUT2D eigenvalue weighted by Gasteiger charge is 2.17. The van der Waals surface area contributed by atoms with Gasteiger partial charge in [0.05, 0.1) is 22.7 Å². The lowest BCUT2D eigenvalue weighted by Gasteiger charge is -2.08. The van der Waals surface area contributed by atoms with Gasteiger partial charge in [0, 0.05) is 24.3 Å². The molecule has 0 fully saturated rings. The molecule has 0 saturated carbocycles. The van der Waals surface area contributed by atoms with E-state index in [1.165, 1.54) is 0 Å². The molecule has 0 saturated heterocycles. The van der Waals surface area contributed by atoms with Crippen LogP contribution in [0.3, 0.4) is 0 Å². The average molecular weight is 329 g/mol. The Morgan fingerprint density at radius 2 is 2.04 bits per heavy atom. The number of nitriles is 1. The molecule has 8 heteroatoms. The molecule has 0 bridgehead atoms. The quantitative estimate of drug-likeness (QED) is 0.599. The monoisotopic (exact) mass is 329 g/mol. The van der Waals surface area contributed by atoms with Crippen molar-refractivity contribution in [3.63, 3.8) is 0 Å². The van der Waals surface area contributed by atoms with Crippen LogP contribution in [0.2, 0.25) is 0 Å². The summed E-state index contributed by atoms with van der Waals surface area (Å²) in [4.78, 5) is 28.4. The molecule has 0 radical (unpaired) electrons. The number of rotatable bonds is 3. The van der Waals surface area contributed by atoms with Gasteiger partial charge in [-0.05, 0) is 30.3 Å². The Morgan fingerprint density at radius 3 is 2.76 bits per heavy atom. The zero-order valence-electron chi connectivity index (χ0n) is 12.8. The van der Waals surface area contributed by atoms with Gasteiger partial charge in [0.15, 0.2) is 5.69 Å². The van der Waals surface area contributed by atoms with Crippen LogP contribution in [0.5, 0.6) is 0 Å². The molecule has 3 heterocycles. The first-order valence-corrected chi connectivity index (χ1v) is 7.39. The second-order valence-corrected chi connectivity index (χ2v) is 5.22. The van der Waals surface area contributed by atoms with Crippen LogP contribution in [0.4, 0.5) is 5.69 Å². The maximum Gasteiger partial charge on any atom is 0.276 e. The molecule has 0 aliphatic heterocycles. The molecule has 1 amide bonds. The standard InChI is InChI=1S/C17H11N7O/c18-9-11-1-3-12(4-2-11)21-16(25)15-14-13(5-6-20-14)22-17(23-15)24-8-7-19-10-24/h1-8,10,20H,(H,21,25). The molecule has 4 aromatic rings. The van der Waals surface area contributed by atoms with E-state index in [2.05, 4.69) is 25.3 Å². The van der Waals surface area contributed by atoms with E-state index in [9.17, 15) is 4.79 Å². The van der Waals surface area contributed by atoms with E-state index < -0.39 is 0 Å². The molecule has 2 N–H and O–H groups in total. The third-order valence-electron chi connectivity index (χ3n) is 3.62. The van der Waals surface area contributed by atoms with Gasteiger partial charge in [-0.1, -0.05) is 0 Å². The molecule has 1 aromatic carbocycles. The van der Waals surface area contributed by atoms with E-state index in [1.807, 2.05) is 6.07 Å². The number of carbonyl (C=O) groups is 1. The second-order valence-electron chi connectivity index (χ2n) is 5.22. The number of anilines is 1. The van der Waals surface area contributed by atoms with Crippen LogP contribution in [0.25, 0.3) is 17.0 Å². The first kappa shape index (κ1) is 14.6. The van der Waals surface area contributed by atoms with Crippen LogP contribution in [-0.2, 0) is 0 Å². The van der Waals surface area contributed by atoms with Gasteiger partial charge in [0.2, 0.25) is 5.95 Å². The van der Waals surface area contributed by atoms with Gasteiger partial charge >= 0.3 is 0 Å². The van der Waals surface area contributed by atoms with E-state index in [0.29, 0.717) is 28.2 Å². The molecular weight excluding hydrogens is 318 g/mol. The number of amides is 1. The summed E-state index contributed by atoms with van der Waals surface area (Å²) in [5, 5.41) is 11.6. The van der Waals surface area contributed by atoms with Gasteiger partial charge in [-0.2, -0.15) is 5.26 Å². The van der Waals surface area contributed by atoms with E-state index in [0.717, 1.165) is 0 Å². The normalized spacial score (nSPS) is 10.5. The summed E-state index contributed by atoms with van der Waals surface area (Å²) < 4.78 is 1.63. The number of nitrogens with zero attached hydrogens (tertiary/aromatic N) is 5. The number of imidazole rings is 1. The van der Waals surface area contributed by atoms with Crippen molar-refractivity contribution >= 4 is 22.6 Å². The third kappa shape index (κ3) is 2.70. The fourth-order valence-corrected chi connectivity index (χ4v) is 2.41. The Kier molecular flexibility index (Phi) is 3.44. The van der Waals surface area contributed by atoms with E-state index >= 15 is 0 Å². The van der Waals surface area contributed by atoms with E-state index in [4.69, 9.17) is 5.26 Å². The molecule has 0 spiro atoms. The predicted molar refractivity (Wildman–Crippen MR) is 90.1 cm³/mol. The van der Waals surface area contributed by atoms with Crippen molar-refractivity contribution in [2.24, 2.45) is 0 Å². The summed E-state index contributed by atoms with van der Waals surface area (Å²) in [7, 11) is 0. The molecule has 4 rings (SSSR count). The molecular formula is C17H11N7O. The lowest BCUT2D eigenvalue weighted by molar-refractivity contribution is 0.102. The number of hydrogen-bond acceptors (Lipinski definition) is 5. The Morgan fingerprint density at radius 1 is 1.20 bits per heavy atom. The first-order chi connectivity index (χ1) is 12.2. The van der Waals surface area contributed by atoms with Gasteiger partial charge < -0.3 is 10.3 Å². The van der Waals surface area contributed by atoms with Crippen LogP contribution in [0, 0.1) is 11.3 Å². The molecule has 3 aromatic heterocycles. The minimum absolute atomic E-state index is 0.225. The Hall–Kier alpha value is -3.99. The van der Waals surface area contributed by atoms with Crippen LogP contribution >= 0.6 is 0 Å². The summed E-state index contributed by atoms with van der Waals surface area (Å²) in [5.41, 5.74) is 2.50. The van der Waals surface area contributed by atoms with Crippen molar-refractivity contribution in [1.29, 1.82) is 5.26 Å². The SMILES string of the molecule is N#Cc1ccc(NC(=O)c2nc(-n3ccnc3)nc3cc[nH]c23)cc1. The number of hydrogen-bond donors (Lipinski definition) is 2. The third-order valence-corrected chi connectivity index (χ3v) is 3.62. The number of H-pyrrole nitrogens is 1. The predicted octanol–water partition coefficient (Wildman–Crippen LogP) is 2.27. The number of aromatic nitrogens is 5. The molecule has 25 heavy (non-hydrogen) atoms. The summed E-state index contributed by atoms with van der Waals surface area (Å²) in [6.45, 7) is 0. The average Bonchev–Trinajstić information content (AvgIpc) is 3.32. The van der Waals surface area contributed by atoms with Gasteiger partial charge in [-0.15, -0.1) is 0 Å². The van der Waals surface area contributed by atoms with Crippen molar-refractivity contribution in [1.82, 2.24) is 24.5 Å². The number of benzene rings is 1. The number of carbonyl (C=O) groups excluding carboxylic acids is 1. The lowest BCUT2D eigenvalue weighted by atomic mass is 10.2. The summed E-state index contributed by atoms with van der Waals surface area (Å²) in [5.74, 6) is -0.0181.